The highest BCUT2D eigenvalue weighted by atomic mass is 32.2. The SMILES string of the molecule is Cc1onc(-c2ccccc2)c1S(N)(=O)=O. The Morgan fingerprint density at radius 2 is 1.88 bits per heavy atom. The Hall–Kier alpha value is -1.66. The largest absolute Gasteiger partial charge is 0.360 e. The van der Waals surface area contributed by atoms with Crippen LogP contribution in [0.2, 0.25) is 0 Å². The van der Waals surface area contributed by atoms with Crippen molar-refractivity contribution in [2.24, 2.45) is 5.14 Å². The molecule has 1 aromatic carbocycles. The summed E-state index contributed by atoms with van der Waals surface area (Å²) in [5.41, 5.74) is 0.906. The molecule has 0 aliphatic carbocycles. The molecular weight excluding hydrogens is 228 g/mol. The van der Waals surface area contributed by atoms with Gasteiger partial charge >= 0.3 is 0 Å². The number of aromatic nitrogens is 1. The van der Waals surface area contributed by atoms with E-state index in [1.54, 1.807) is 24.3 Å². The van der Waals surface area contributed by atoms with Crippen molar-refractivity contribution in [3.05, 3.63) is 36.1 Å². The van der Waals surface area contributed by atoms with Crippen LogP contribution in [0.1, 0.15) is 5.76 Å². The molecule has 2 rings (SSSR count). The van der Waals surface area contributed by atoms with E-state index in [2.05, 4.69) is 5.16 Å². The van der Waals surface area contributed by atoms with Gasteiger partial charge in [0, 0.05) is 5.56 Å². The summed E-state index contributed by atoms with van der Waals surface area (Å²) in [6.07, 6.45) is 0. The topological polar surface area (TPSA) is 86.2 Å². The Morgan fingerprint density at radius 1 is 1.25 bits per heavy atom. The van der Waals surface area contributed by atoms with Crippen molar-refractivity contribution in [2.45, 2.75) is 11.8 Å². The number of nitrogens with two attached hydrogens (primary N) is 1. The van der Waals surface area contributed by atoms with Crippen LogP contribution < -0.4 is 5.14 Å². The maximum Gasteiger partial charge on any atom is 0.243 e. The first kappa shape index (κ1) is 10.8. The highest BCUT2D eigenvalue weighted by molar-refractivity contribution is 7.89. The van der Waals surface area contributed by atoms with E-state index in [0.29, 0.717) is 5.56 Å². The van der Waals surface area contributed by atoms with Gasteiger partial charge in [-0.3, -0.25) is 0 Å². The lowest BCUT2D eigenvalue weighted by Gasteiger charge is -1.99. The Balaban J connectivity index is 2.69. The minimum Gasteiger partial charge on any atom is -0.360 e. The number of nitrogens with zero attached hydrogens (tertiary/aromatic N) is 1. The summed E-state index contributed by atoms with van der Waals surface area (Å²) in [5.74, 6) is 0.196. The van der Waals surface area contributed by atoms with Gasteiger partial charge < -0.3 is 4.52 Å². The third-order valence-corrected chi connectivity index (χ3v) is 3.19. The van der Waals surface area contributed by atoms with Gasteiger partial charge in [0.25, 0.3) is 0 Å². The molecule has 0 aliphatic heterocycles. The van der Waals surface area contributed by atoms with E-state index in [1.165, 1.54) is 6.92 Å². The minimum atomic E-state index is -3.83. The van der Waals surface area contributed by atoms with E-state index in [4.69, 9.17) is 9.66 Å². The quantitative estimate of drug-likeness (QED) is 0.854. The van der Waals surface area contributed by atoms with Crippen LogP contribution in [0, 0.1) is 6.92 Å². The predicted molar refractivity (Wildman–Crippen MR) is 58.0 cm³/mol. The molecule has 0 saturated heterocycles. The van der Waals surface area contributed by atoms with Crippen molar-refractivity contribution in [3.63, 3.8) is 0 Å². The number of aryl methyl sites for hydroxylation is 1. The smallest absolute Gasteiger partial charge is 0.243 e. The molecule has 2 N–H and O–H groups in total. The fourth-order valence-corrected chi connectivity index (χ4v) is 2.34. The van der Waals surface area contributed by atoms with Crippen molar-refractivity contribution in [2.75, 3.05) is 0 Å². The molecule has 0 bridgehead atoms. The molecule has 0 saturated carbocycles. The summed E-state index contributed by atoms with van der Waals surface area (Å²) in [4.78, 5) is -0.0568. The maximum atomic E-state index is 11.4. The summed E-state index contributed by atoms with van der Waals surface area (Å²) < 4.78 is 27.6. The number of rotatable bonds is 2. The zero-order chi connectivity index (χ0) is 11.8. The van der Waals surface area contributed by atoms with E-state index >= 15 is 0 Å². The number of primary sulfonamides is 1. The van der Waals surface area contributed by atoms with Crippen molar-refractivity contribution in [1.29, 1.82) is 0 Å². The molecule has 0 spiro atoms. The zero-order valence-corrected chi connectivity index (χ0v) is 9.36. The van der Waals surface area contributed by atoms with Crippen molar-refractivity contribution < 1.29 is 12.9 Å². The van der Waals surface area contributed by atoms with Crippen molar-refractivity contribution >= 4 is 10.0 Å². The van der Waals surface area contributed by atoms with Crippen LogP contribution in [-0.4, -0.2) is 13.6 Å². The van der Waals surface area contributed by atoms with Gasteiger partial charge in [0.15, 0.2) is 10.7 Å². The molecule has 0 fully saturated rings. The third-order valence-electron chi connectivity index (χ3n) is 2.14. The highest BCUT2D eigenvalue weighted by Gasteiger charge is 2.23. The molecule has 0 amide bonds. The fourth-order valence-electron chi connectivity index (χ4n) is 1.48. The molecule has 2 aromatic rings. The predicted octanol–water partition coefficient (Wildman–Crippen LogP) is 1.30. The lowest BCUT2D eigenvalue weighted by atomic mass is 10.1. The third kappa shape index (κ3) is 1.84. The molecule has 5 nitrogen and oxygen atoms in total. The van der Waals surface area contributed by atoms with Gasteiger partial charge in [0.05, 0.1) is 0 Å². The number of hydrogen-bond acceptors (Lipinski definition) is 4. The Bertz CT molecular complexity index is 602. The maximum absolute atomic E-state index is 11.4. The zero-order valence-electron chi connectivity index (χ0n) is 8.54. The van der Waals surface area contributed by atoms with Gasteiger partial charge in [0.1, 0.15) is 5.69 Å². The van der Waals surface area contributed by atoms with Crippen LogP contribution in [0.15, 0.2) is 39.8 Å². The van der Waals surface area contributed by atoms with E-state index in [0.717, 1.165) is 0 Å². The number of sulfonamides is 1. The normalized spacial score (nSPS) is 11.6. The second-order valence-corrected chi connectivity index (χ2v) is 4.83. The van der Waals surface area contributed by atoms with Crippen LogP contribution in [0.5, 0.6) is 0 Å². The van der Waals surface area contributed by atoms with Crippen LogP contribution in [-0.2, 0) is 10.0 Å². The standard InChI is InChI=1S/C10H10N2O3S/c1-7-10(16(11,13)14)9(12-15-7)8-5-3-2-4-6-8/h2-6H,1H3,(H2,11,13,14). The molecule has 84 valence electrons. The van der Waals surface area contributed by atoms with Crippen LogP contribution in [0.4, 0.5) is 0 Å². The second-order valence-electron chi connectivity index (χ2n) is 3.33. The monoisotopic (exact) mass is 238 g/mol. The molecule has 0 radical (unpaired) electrons. The summed E-state index contributed by atoms with van der Waals surface area (Å²) >= 11 is 0. The van der Waals surface area contributed by atoms with Gasteiger partial charge in [-0.25, -0.2) is 13.6 Å². The minimum absolute atomic E-state index is 0.0568. The molecule has 0 unspecified atom stereocenters. The molecule has 0 atom stereocenters. The number of hydrogen-bond donors (Lipinski definition) is 1. The highest BCUT2D eigenvalue weighted by Crippen LogP contribution is 2.27. The fraction of sp³-hybridized carbons (Fsp3) is 0.100. The second kappa shape index (κ2) is 3.73. The molecule has 1 heterocycles. The average molecular weight is 238 g/mol. The lowest BCUT2D eigenvalue weighted by Crippen LogP contribution is -2.13. The van der Waals surface area contributed by atoms with E-state index in [-0.39, 0.29) is 16.3 Å². The summed E-state index contributed by atoms with van der Waals surface area (Å²) in [5, 5.41) is 8.83. The van der Waals surface area contributed by atoms with Crippen LogP contribution in [0.3, 0.4) is 0 Å². The Kier molecular flexibility index (Phi) is 2.53. The molecular formula is C10H10N2O3S. The van der Waals surface area contributed by atoms with Gasteiger partial charge in [-0.2, -0.15) is 0 Å². The van der Waals surface area contributed by atoms with Gasteiger partial charge in [-0.1, -0.05) is 35.5 Å². The summed E-state index contributed by atoms with van der Waals surface area (Å²) in [6.45, 7) is 1.51. The lowest BCUT2D eigenvalue weighted by molar-refractivity contribution is 0.396. The molecule has 1 aromatic heterocycles. The van der Waals surface area contributed by atoms with Crippen LogP contribution in [0.25, 0.3) is 11.3 Å². The average Bonchev–Trinajstić information content (AvgIpc) is 2.61. The first-order valence-electron chi connectivity index (χ1n) is 4.54. The molecule has 16 heavy (non-hydrogen) atoms. The van der Waals surface area contributed by atoms with E-state index in [1.807, 2.05) is 6.07 Å². The van der Waals surface area contributed by atoms with E-state index < -0.39 is 10.0 Å². The van der Waals surface area contributed by atoms with E-state index in [9.17, 15) is 8.42 Å². The van der Waals surface area contributed by atoms with Gasteiger partial charge in [-0.05, 0) is 6.92 Å². The first-order valence-corrected chi connectivity index (χ1v) is 6.09. The van der Waals surface area contributed by atoms with Gasteiger partial charge in [-0.15, -0.1) is 0 Å². The Morgan fingerprint density at radius 3 is 2.44 bits per heavy atom. The van der Waals surface area contributed by atoms with Crippen molar-refractivity contribution in [3.8, 4) is 11.3 Å². The summed E-state index contributed by atoms with van der Waals surface area (Å²) in [6, 6.07) is 8.88. The summed E-state index contributed by atoms with van der Waals surface area (Å²) in [7, 11) is -3.83. The number of benzene rings is 1. The van der Waals surface area contributed by atoms with Gasteiger partial charge in [0.2, 0.25) is 10.0 Å². The Labute approximate surface area is 92.9 Å². The van der Waals surface area contributed by atoms with Crippen molar-refractivity contribution in [1.82, 2.24) is 5.16 Å². The first-order chi connectivity index (χ1) is 7.50. The molecule has 6 heteroatoms. The van der Waals surface area contributed by atoms with Crippen LogP contribution >= 0.6 is 0 Å². The molecule has 0 aliphatic rings.